The molecule has 0 atom stereocenters. The molecule has 4 rings (SSSR count). The number of carbonyl (C=O) groups excluding carboxylic acids is 1. The molecule has 0 radical (unpaired) electrons. The lowest BCUT2D eigenvalue weighted by Gasteiger charge is -2.34. The van der Waals surface area contributed by atoms with Crippen LogP contribution in [0, 0.1) is 0 Å². The predicted molar refractivity (Wildman–Crippen MR) is 126 cm³/mol. The zero-order chi connectivity index (χ0) is 22.6. The van der Waals surface area contributed by atoms with Gasteiger partial charge in [-0.25, -0.2) is 8.42 Å². The van der Waals surface area contributed by atoms with E-state index >= 15 is 0 Å². The molecule has 1 saturated heterocycles. The Bertz CT molecular complexity index is 1180. The van der Waals surface area contributed by atoms with Crippen molar-refractivity contribution >= 4 is 33.2 Å². The first-order valence-electron chi connectivity index (χ1n) is 10.4. The lowest BCUT2D eigenvalue weighted by Crippen LogP contribution is -2.48. The molecule has 32 heavy (non-hydrogen) atoms. The standard InChI is InChI=1S/C24H24ClN3O3S/c25-22-17-20(11-12-23(22)26-32(30,31)21-9-5-2-6-10-21)24(29)28-15-13-27(14-16-28)18-19-7-3-1-4-8-19/h1-12,17,26H,13-16,18H2. The highest BCUT2D eigenvalue weighted by atomic mass is 35.5. The molecule has 0 aliphatic carbocycles. The molecule has 3 aromatic carbocycles. The van der Waals surface area contributed by atoms with Crippen LogP contribution in [0.15, 0.2) is 83.8 Å². The first-order valence-corrected chi connectivity index (χ1v) is 12.2. The van der Waals surface area contributed by atoms with Gasteiger partial charge in [0.2, 0.25) is 0 Å². The number of piperazine rings is 1. The zero-order valence-corrected chi connectivity index (χ0v) is 19.0. The maximum absolute atomic E-state index is 12.9. The third kappa shape index (κ3) is 5.30. The Morgan fingerprint density at radius 2 is 1.50 bits per heavy atom. The lowest BCUT2D eigenvalue weighted by molar-refractivity contribution is 0.0628. The fraction of sp³-hybridized carbons (Fsp3) is 0.208. The molecule has 1 N–H and O–H groups in total. The first-order chi connectivity index (χ1) is 15.4. The molecule has 8 heteroatoms. The van der Waals surface area contributed by atoms with Crippen LogP contribution in [0.2, 0.25) is 5.02 Å². The van der Waals surface area contributed by atoms with Crippen LogP contribution >= 0.6 is 11.6 Å². The fourth-order valence-corrected chi connectivity index (χ4v) is 5.05. The summed E-state index contributed by atoms with van der Waals surface area (Å²) in [5.41, 5.74) is 1.93. The van der Waals surface area contributed by atoms with Crippen molar-refractivity contribution in [2.24, 2.45) is 0 Å². The van der Waals surface area contributed by atoms with Crippen molar-refractivity contribution in [1.29, 1.82) is 0 Å². The van der Waals surface area contributed by atoms with Crippen LogP contribution in [0.1, 0.15) is 15.9 Å². The van der Waals surface area contributed by atoms with Crippen molar-refractivity contribution in [3.63, 3.8) is 0 Å². The van der Waals surface area contributed by atoms with Crippen LogP contribution in [0.5, 0.6) is 0 Å². The van der Waals surface area contributed by atoms with Crippen LogP contribution < -0.4 is 4.72 Å². The van der Waals surface area contributed by atoms with Crippen molar-refractivity contribution in [3.05, 3.63) is 95.0 Å². The van der Waals surface area contributed by atoms with Crippen molar-refractivity contribution in [2.45, 2.75) is 11.4 Å². The average molecular weight is 470 g/mol. The molecular weight excluding hydrogens is 446 g/mol. The SMILES string of the molecule is O=C(c1ccc(NS(=O)(=O)c2ccccc2)c(Cl)c1)N1CCN(Cc2ccccc2)CC1. The molecule has 166 valence electrons. The normalized spacial score (nSPS) is 14.8. The molecule has 1 fully saturated rings. The summed E-state index contributed by atoms with van der Waals surface area (Å²) in [5, 5.41) is 0.179. The molecule has 0 unspecified atom stereocenters. The van der Waals surface area contributed by atoms with Crippen LogP contribution in [-0.4, -0.2) is 50.3 Å². The number of rotatable bonds is 6. The second kappa shape index (κ2) is 9.73. The van der Waals surface area contributed by atoms with E-state index < -0.39 is 10.0 Å². The third-order valence-corrected chi connectivity index (χ3v) is 7.12. The van der Waals surface area contributed by atoms with Crippen LogP contribution in [0.3, 0.4) is 0 Å². The minimum atomic E-state index is -3.76. The number of sulfonamides is 1. The zero-order valence-electron chi connectivity index (χ0n) is 17.4. The topological polar surface area (TPSA) is 69.7 Å². The Kier molecular flexibility index (Phi) is 6.79. The minimum absolute atomic E-state index is 0.108. The maximum Gasteiger partial charge on any atom is 0.261 e. The summed E-state index contributed by atoms with van der Waals surface area (Å²) in [6, 6.07) is 23.0. The quantitative estimate of drug-likeness (QED) is 0.590. The van der Waals surface area contributed by atoms with E-state index in [0.29, 0.717) is 18.7 Å². The van der Waals surface area contributed by atoms with Gasteiger partial charge in [0.15, 0.2) is 0 Å². The number of amides is 1. The second-order valence-corrected chi connectivity index (χ2v) is 9.76. The van der Waals surface area contributed by atoms with E-state index in [2.05, 4.69) is 21.8 Å². The van der Waals surface area contributed by atoms with Crippen molar-refractivity contribution < 1.29 is 13.2 Å². The van der Waals surface area contributed by atoms with E-state index in [1.807, 2.05) is 18.2 Å². The monoisotopic (exact) mass is 469 g/mol. The number of benzene rings is 3. The van der Waals surface area contributed by atoms with Gasteiger partial charge in [-0.2, -0.15) is 0 Å². The van der Waals surface area contributed by atoms with Crippen molar-refractivity contribution in [1.82, 2.24) is 9.80 Å². The summed E-state index contributed by atoms with van der Waals surface area (Å²) in [5.74, 6) is -0.108. The molecule has 1 amide bonds. The molecule has 1 heterocycles. The van der Waals surface area contributed by atoms with Gasteiger partial charge in [-0.1, -0.05) is 60.1 Å². The maximum atomic E-state index is 12.9. The Hall–Kier alpha value is -2.87. The summed E-state index contributed by atoms with van der Waals surface area (Å²) >= 11 is 6.31. The van der Waals surface area contributed by atoms with Crippen LogP contribution in [0.25, 0.3) is 0 Å². The van der Waals surface area contributed by atoms with Gasteiger partial charge in [-0.15, -0.1) is 0 Å². The highest BCUT2D eigenvalue weighted by Crippen LogP contribution is 2.26. The molecule has 0 aromatic heterocycles. The van der Waals surface area contributed by atoms with Gasteiger partial charge < -0.3 is 4.90 Å². The van der Waals surface area contributed by atoms with Gasteiger partial charge in [0.25, 0.3) is 15.9 Å². The average Bonchev–Trinajstić information content (AvgIpc) is 2.81. The van der Waals surface area contributed by atoms with E-state index in [-0.39, 0.29) is 21.5 Å². The first kappa shape index (κ1) is 22.3. The molecule has 0 bridgehead atoms. The van der Waals surface area contributed by atoms with Crippen LogP contribution in [0.4, 0.5) is 5.69 Å². The molecule has 1 aliphatic heterocycles. The number of nitrogens with zero attached hydrogens (tertiary/aromatic N) is 2. The largest absolute Gasteiger partial charge is 0.336 e. The van der Waals surface area contributed by atoms with E-state index in [1.165, 1.54) is 29.8 Å². The number of hydrogen-bond donors (Lipinski definition) is 1. The van der Waals surface area contributed by atoms with E-state index in [9.17, 15) is 13.2 Å². The van der Waals surface area contributed by atoms with Crippen molar-refractivity contribution in [3.8, 4) is 0 Å². The smallest absolute Gasteiger partial charge is 0.261 e. The lowest BCUT2D eigenvalue weighted by atomic mass is 10.1. The summed E-state index contributed by atoms with van der Waals surface area (Å²) in [6.07, 6.45) is 0. The Balaban J connectivity index is 1.38. The van der Waals surface area contributed by atoms with E-state index in [4.69, 9.17) is 11.6 Å². The number of halogens is 1. The Labute approximate surface area is 193 Å². The van der Waals surface area contributed by atoms with Gasteiger partial charge in [-0.3, -0.25) is 14.4 Å². The summed E-state index contributed by atoms with van der Waals surface area (Å²) < 4.78 is 27.6. The molecule has 6 nitrogen and oxygen atoms in total. The van der Waals surface area contributed by atoms with E-state index in [0.717, 1.165) is 19.6 Å². The predicted octanol–water partition coefficient (Wildman–Crippen LogP) is 4.10. The Morgan fingerprint density at radius 1 is 0.875 bits per heavy atom. The van der Waals surface area contributed by atoms with Gasteiger partial charge in [0, 0.05) is 38.3 Å². The Morgan fingerprint density at radius 3 is 2.12 bits per heavy atom. The van der Waals surface area contributed by atoms with E-state index in [1.54, 1.807) is 29.2 Å². The molecule has 1 aliphatic rings. The van der Waals surface area contributed by atoms with Gasteiger partial charge >= 0.3 is 0 Å². The number of anilines is 1. The number of carbonyl (C=O) groups is 1. The summed E-state index contributed by atoms with van der Waals surface area (Å²) in [6.45, 7) is 3.72. The van der Waals surface area contributed by atoms with Gasteiger partial charge in [0.1, 0.15) is 0 Å². The number of nitrogens with one attached hydrogen (secondary N) is 1. The summed E-state index contributed by atoms with van der Waals surface area (Å²) in [4.78, 5) is 17.2. The third-order valence-electron chi connectivity index (χ3n) is 5.42. The molecule has 3 aromatic rings. The van der Waals surface area contributed by atoms with Gasteiger partial charge in [0.05, 0.1) is 15.6 Å². The molecule has 0 spiro atoms. The number of hydrogen-bond acceptors (Lipinski definition) is 4. The van der Waals surface area contributed by atoms with Crippen LogP contribution in [-0.2, 0) is 16.6 Å². The summed E-state index contributed by atoms with van der Waals surface area (Å²) in [7, 11) is -3.76. The molecule has 0 saturated carbocycles. The highest BCUT2D eigenvalue weighted by molar-refractivity contribution is 7.92. The molecular formula is C24H24ClN3O3S. The minimum Gasteiger partial charge on any atom is -0.336 e. The second-order valence-electron chi connectivity index (χ2n) is 7.67. The highest BCUT2D eigenvalue weighted by Gasteiger charge is 2.23. The fourth-order valence-electron chi connectivity index (χ4n) is 3.67. The van der Waals surface area contributed by atoms with Crippen molar-refractivity contribution in [2.75, 3.05) is 30.9 Å². The van der Waals surface area contributed by atoms with Gasteiger partial charge in [-0.05, 0) is 35.9 Å².